The van der Waals surface area contributed by atoms with Crippen LogP contribution in [-0.2, 0) is 20.4 Å². The fraction of sp³-hybridized carbons (Fsp3) is 0.346. The van der Waals surface area contributed by atoms with E-state index in [1.54, 1.807) is 31.2 Å². The van der Waals surface area contributed by atoms with Gasteiger partial charge in [-0.25, -0.2) is 14.4 Å². The molecule has 0 aliphatic carbocycles. The lowest BCUT2D eigenvalue weighted by Crippen LogP contribution is -2.48. The minimum absolute atomic E-state index is 0.0257. The maximum absolute atomic E-state index is 13.0. The number of alkyl halides is 3. The van der Waals surface area contributed by atoms with Crippen LogP contribution in [0.1, 0.15) is 37.4 Å². The van der Waals surface area contributed by atoms with E-state index in [9.17, 15) is 27.6 Å². The van der Waals surface area contributed by atoms with Crippen molar-refractivity contribution < 1.29 is 37.0 Å². The van der Waals surface area contributed by atoms with Crippen LogP contribution >= 0.6 is 0 Å². The van der Waals surface area contributed by atoms with Crippen LogP contribution in [0.15, 0.2) is 59.8 Å². The van der Waals surface area contributed by atoms with Crippen molar-refractivity contribution in [1.82, 2.24) is 10.2 Å². The molecule has 12 heteroatoms. The number of nitrogens with one attached hydrogen (secondary N) is 3. The Labute approximate surface area is 218 Å². The van der Waals surface area contributed by atoms with Gasteiger partial charge in [-0.05, 0) is 49.2 Å². The van der Waals surface area contributed by atoms with Gasteiger partial charge in [0.25, 0.3) is 0 Å². The van der Waals surface area contributed by atoms with Crippen molar-refractivity contribution in [2.75, 3.05) is 37.5 Å². The third-order valence-electron chi connectivity index (χ3n) is 5.71. The van der Waals surface area contributed by atoms with Crippen LogP contribution in [-0.4, -0.2) is 49.8 Å². The minimum atomic E-state index is -4.55. The molecule has 204 valence electrons. The Morgan fingerprint density at radius 1 is 1.05 bits per heavy atom. The zero-order chi connectivity index (χ0) is 27.9. The van der Waals surface area contributed by atoms with E-state index < -0.39 is 29.8 Å². The van der Waals surface area contributed by atoms with Crippen LogP contribution < -0.4 is 16.0 Å². The van der Waals surface area contributed by atoms with Gasteiger partial charge >= 0.3 is 24.2 Å². The number of esters is 1. The normalized spacial score (nSPS) is 15.7. The Morgan fingerprint density at radius 3 is 2.34 bits per heavy atom. The predicted octanol–water partition coefficient (Wildman–Crippen LogP) is 5.29. The molecule has 0 radical (unpaired) electrons. The largest absolute Gasteiger partial charge is 0.460 e. The first-order chi connectivity index (χ1) is 18.0. The molecule has 1 aliphatic heterocycles. The van der Waals surface area contributed by atoms with E-state index in [0.29, 0.717) is 29.9 Å². The number of hydrogen-bond donors (Lipinski definition) is 3. The van der Waals surface area contributed by atoms with Crippen LogP contribution in [0.25, 0.3) is 0 Å². The van der Waals surface area contributed by atoms with Gasteiger partial charge in [0.05, 0.1) is 23.8 Å². The maximum atomic E-state index is 13.0. The number of halogens is 3. The van der Waals surface area contributed by atoms with Crippen molar-refractivity contribution >= 4 is 29.4 Å². The standard InChI is InChI=1S/C26H29F3N4O5/c1-4-11-33-16(2)21(23(34)38-13-12-37-3)22(32-25(33)36)17-7-5-9-19(14-17)30-24(35)31-20-10-6-8-18(15-20)26(27,28)29/h5-10,14-15,22H,4,11-13H2,1-3H3,(H,32,36)(H2,30,31,35). The molecular weight excluding hydrogens is 505 g/mol. The first kappa shape index (κ1) is 28.5. The number of amides is 4. The molecule has 0 spiro atoms. The highest BCUT2D eigenvalue weighted by Crippen LogP contribution is 2.33. The number of methoxy groups -OCH3 is 1. The number of anilines is 2. The van der Waals surface area contributed by atoms with Gasteiger partial charge in [-0.3, -0.25) is 4.90 Å². The highest BCUT2D eigenvalue weighted by Gasteiger charge is 2.36. The topological polar surface area (TPSA) is 109 Å². The van der Waals surface area contributed by atoms with Gasteiger partial charge in [0.1, 0.15) is 6.61 Å². The van der Waals surface area contributed by atoms with Gasteiger partial charge < -0.3 is 25.4 Å². The second-order valence-corrected chi connectivity index (χ2v) is 8.45. The number of urea groups is 2. The zero-order valence-corrected chi connectivity index (χ0v) is 21.1. The quantitative estimate of drug-likeness (QED) is 0.299. The summed E-state index contributed by atoms with van der Waals surface area (Å²) >= 11 is 0. The van der Waals surface area contributed by atoms with E-state index in [0.717, 1.165) is 12.1 Å². The number of carbonyl (C=O) groups excluding carboxylic acids is 3. The molecule has 2 aromatic carbocycles. The number of nitrogens with zero attached hydrogens (tertiary/aromatic N) is 1. The van der Waals surface area contributed by atoms with Gasteiger partial charge in [0.15, 0.2) is 0 Å². The van der Waals surface area contributed by atoms with Crippen molar-refractivity contribution in [3.63, 3.8) is 0 Å². The fourth-order valence-electron chi connectivity index (χ4n) is 3.95. The van der Waals surface area contributed by atoms with Crippen molar-refractivity contribution in [2.45, 2.75) is 32.5 Å². The Kier molecular flexibility index (Phi) is 9.35. The summed E-state index contributed by atoms with van der Waals surface area (Å²) in [6, 6.07) is 8.64. The number of benzene rings is 2. The van der Waals surface area contributed by atoms with Gasteiger partial charge in [-0.1, -0.05) is 25.1 Å². The Hall–Kier alpha value is -4.06. The van der Waals surface area contributed by atoms with E-state index in [2.05, 4.69) is 16.0 Å². The molecular formula is C26H29F3N4O5. The van der Waals surface area contributed by atoms with Crippen LogP contribution in [0, 0.1) is 0 Å². The van der Waals surface area contributed by atoms with E-state index in [1.165, 1.54) is 24.1 Å². The fourth-order valence-corrected chi connectivity index (χ4v) is 3.95. The summed E-state index contributed by atoms with van der Waals surface area (Å²) < 4.78 is 49.2. The third-order valence-corrected chi connectivity index (χ3v) is 5.71. The molecule has 4 amide bonds. The lowest BCUT2D eigenvalue weighted by molar-refractivity contribution is -0.141. The maximum Gasteiger partial charge on any atom is 0.416 e. The third kappa shape index (κ3) is 7.03. The lowest BCUT2D eigenvalue weighted by atomic mass is 9.94. The molecule has 1 aliphatic rings. The van der Waals surface area contributed by atoms with Crippen LogP contribution in [0.2, 0.25) is 0 Å². The van der Waals surface area contributed by atoms with Crippen molar-refractivity contribution in [1.29, 1.82) is 0 Å². The Balaban J connectivity index is 1.84. The number of allylic oxidation sites excluding steroid dienone is 1. The van der Waals surface area contributed by atoms with Gasteiger partial charge in [-0.15, -0.1) is 0 Å². The Morgan fingerprint density at radius 2 is 1.71 bits per heavy atom. The second kappa shape index (κ2) is 12.5. The Bertz CT molecular complexity index is 1220. The lowest BCUT2D eigenvalue weighted by Gasteiger charge is -2.35. The van der Waals surface area contributed by atoms with Crippen LogP contribution in [0.5, 0.6) is 0 Å². The van der Waals surface area contributed by atoms with Crippen LogP contribution in [0.4, 0.5) is 34.1 Å². The van der Waals surface area contributed by atoms with Crippen LogP contribution in [0.3, 0.4) is 0 Å². The molecule has 3 rings (SSSR count). The van der Waals surface area contributed by atoms with Crippen molar-refractivity contribution in [3.05, 3.63) is 70.9 Å². The van der Waals surface area contributed by atoms with E-state index in [-0.39, 0.29) is 30.5 Å². The molecule has 1 unspecified atom stereocenters. The number of hydrogen-bond acceptors (Lipinski definition) is 5. The molecule has 0 bridgehead atoms. The molecule has 1 heterocycles. The zero-order valence-electron chi connectivity index (χ0n) is 21.1. The molecule has 1 atom stereocenters. The molecule has 0 fully saturated rings. The van der Waals surface area contributed by atoms with E-state index in [1.807, 2.05) is 6.92 Å². The molecule has 2 aromatic rings. The first-order valence-corrected chi connectivity index (χ1v) is 11.8. The summed E-state index contributed by atoms with van der Waals surface area (Å²) in [4.78, 5) is 39.8. The molecule has 38 heavy (non-hydrogen) atoms. The molecule has 0 saturated carbocycles. The number of ether oxygens (including phenoxy) is 2. The second-order valence-electron chi connectivity index (χ2n) is 8.45. The van der Waals surface area contributed by atoms with E-state index in [4.69, 9.17) is 9.47 Å². The molecule has 0 saturated heterocycles. The van der Waals surface area contributed by atoms with Gasteiger partial charge in [-0.2, -0.15) is 13.2 Å². The summed E-state index contributed by atoms with van der Waals surface area (Å²) in [5.74, 6) is -0.619. The highest BCUT2D eigenvalue weighted by atomic mass is 19.4. The smallest absolute Gasteiger partial charge is 0.416 e. The summed E-state index contributed by atoms with van der Waals surface area (Å²) in [5.41, 5.74) is 0.535. The number of carbonyl (C=O) groups is 3. The molecule has 3 N–H and O–H groups in total. The first-order valence-electron chi connectivity index (χ1n) is 11.8. The summed E-state index contributed by atoms with van der Waals surface area (Å²) in [6.45, 7) is 4.20. The van der Waals surface area contributed by atoms with Crippen molar-refractivity contribution in [3.8, 4) is 0 Å². The average Bonchev–Trinajstić information content (AvgIpc) is 2.86. The molecule has 0 aromatic heterocycles. The summed E-state index contributed by atoms with van der Waals surface area (Å²) in [7, 11) is 1.48. The van der Waals surface area contributed by atoms with Gasteiger partial charge in [0, 0.05) is 30.7 Å². The minimum Gasteiger partial charge on any atom is -0.460 e. The van der Waals surface area contributed by atoms with Crippen molar-refractivity contribution in [2.24, 2.45) is 0 Å². The summed E-state index contributed by atoms with van der Waals surface area (Å²) in [6.07, 6.45) is -3.88. The average molecular weight is 535 g/mol. The SMILES string of the molecule is CCCN1C(=O)NC(c2cccc(NC(=O)Nc3cccc(C(F)(F)F)c3)c2)C(C(=O)OCCOC)=C1C. The monoisotopic (exact) mass is 534 g/mol. The molecule has 9 nitrogen and oxygen atoms in total. The van der Waals surface area contributed by atoms with Gasteiger partial charge in [0.2, 0.25) is 0 Å². The highest BCUT2D eigenvalue weighted by molar-refractivity contribution is 6.00. The van der Waals surface area contributed by atoms with E-state index >= 15 is 0 Å². The number of rotatable bonds is 9. The predicted molar refractivity (Wildman–Crippen MR) is 134 cm³/mol. The summed E-state index contributed by atoms with van der Waals surface area (Å²) in [5, 5.41) is 7.75.